The maximum absolute atomic E-state index is 13.3. The fourth-order valence-corrected chi connectivity index (χ4v) is 1.70. The van der Waals surface area contributed by atoms with E-state index in [9.17, 15) is 4.39 Å². The molecule has 2 heteroatoms. The van der Waals surface area contributed by atoms with Crippen molar-refractivity contribution in [2.45, 2.75) is 45.6 Å². The average Bonchev–Trinajstić information content (AvgIpc) is 2.28. The van der Waals surface area contributed by atoms with Crippen LogP contribution < -0.4 is 5.32 Å². The molecule has 1 unspecified atom stereocenters. The van der Waals surface area contributed by atoms with Crippen LogP contribution in [-0.4, -0.2) is 12.6 Å². The van der Waals surface area contributed by atoms with Crippen molar-refractivity contribution in [3.05, 3.63) is 35.6 Å². The van der Waals surface area contributed by atoms with Crippen molar-refractivity contribution in [1.82, 2.24) is 5.32 Å². The van der Waals surface area contributed by atoms with Crippen molar-refractivity contribution in [3.63, 3.8) is 0 Å². The van der Waals surface area contributed by atoms with Crippen molar-refractivity contribution < 1.29 is 4.39 Å². The third-order valence-electron chi connectivity index (χ3n) is 2.83. The number of unbranched alkanes of at least 4 members (excludes halogenated alkanes) is 1. The lowest BCUT2D eigenvalue weighted by atomic mass is 10.1. The second kappa shape index (κ2) is 7.39. The van der Waals surface area contributed by atoms with Gasteiger partial charge in [0.2, 0.25) is 0 Å². The molecule has 0 heterocycles. The van der Waals surface area contributed by atoms with E-state index in [1.165, 1.54) is 18.9 Å². The molecule has 1 aromatic rings. The molecular formula is C14H22FN. The molecule has 0 aliphatic heterocycles. The van der Waals surface area contributed by atoms with Crippen LogP contribution in [0.5, 0.6) is 0 Å². The number of aryl methyl sites for hydroxylation is 1. The number of nitrogens with one attached hydrogen (secondary N) is 1. The highest BCUT2D eigenvalue weighted by atomic mass is 19.1. The quantitative estimate of drug-likeness (QED) is 0.697. The Kier molecular flexibility index (Phi) is 6.09. The third kappa shape index (κ3) is 4.75. The van der Waals surface area contributed by atoms with Gasteiger partial charge in [-0.3, -0.25) is 0 Å². The number of rotatable bonds is 7. The summed E-state index contributed by atoms with van der Waals surface area (Å²) in [5.74, 6) is -0.0803. The van der Waals surface area contributed by atoms with Gasteiger partial charge in [-0.05, 0) is 44.4 Å². The molecule has 1 rings (SSSR count). The second-order valence-corrected chi connectivity index (χ2v) is 4.34. The Morgan fingerprint density at radius 1 is 1.31 bits per heavy atom. The molecule has 0 aliphatic rings. The molecule has 0 amide bonds. The van der Waals surface area contributed by atoms with Crippen LogP contribution in [0.15, 0.2) is 24.3 Å². The summed E-state index contributed by atoms with van der Waals surface area (Å²) in [6, 6.07) is 7.50. The van der Waals surface area contributed by atoms with Crippen LogP contribution in [0.25, 0.3) is 0 Å². The zero-order valence-electron chi connectivity index (χ0n) is 10.3. The Labute approximate surface area is 98.1 Å². The van der Waals surface area contributed by atoms with Gasteiger partial charge in [-0.25, -0.2) is 4.39 Å². The van der Waals surface area contributed by atoms with Gasteiger partial charge in [-0.2, -0.15) is 0 Å². The highest BCUT2D eigenvalue weighted by Crippen LogP contribution is 2.10. The van der Waals surface area contributed by atoms with Gasteiger partial charge in [0.1, 0.15) is 5.82 Å². The first-order valence-electron chi connectivity index (χ1n) is 6.20. The second-order valence-electron chi connectivity index (χ2n) is 4.34. The Bertz CT molecular complexity index is 299. The monoisotopic (exact) mass is 223 g/mol. The number of hydrogen-bond donors (Lipinski definition) is 1. The van der Waals surface area contributed by atoms with E-state index in [-0.39, 0.29) is 5.82 Å². The van der Waals surface area contributed by atoms with Gasteiger partial charge in [0.25, 0.3) is 0 Å². The maximum Gasteiger partial charge on any atom is 0.126 e. The molecule has 0 bridgehead atoms. The largest absolute Gasteiger partial charge is 0.314 e. The number of hydrogen-bond acceptors (Lipinski definition) is 1. The standard InChI is InChI=1S/C14H22FN/c1-3-4-11-16-12(2)9-10-13-7-5-6-8-14(13)15/h5-8,12,16H,3-4,9-11H2,1-2H3. The fraction of sp³-hybridized carbons (Fsp3) is 0.571. The molecule has 0 spiro atoms. The summed E-state index contributed by atoms with van der Waals surface area (Å²) in [4.78, 5) is 0. The van der Waals surface area contributed by atoms with Gasteiger partial charge in [-0.1, -0.05) is 31.5 Å². The molecule has 0 saturated heterocycles. The van der Waals surface area contributed by atoms with Crippen LogP contribution in [0.2, 0.25) is 0 Å². The molecule has 0 aromatic heterocycles. The molecule has 1 atom stereocenters. The molecule has 0 fully saturated rings. The highest BCUT2D eigenvalue weighted by Gasteiger charge is 2.04. The first kappa shape index (κ1) is 13.2. The predicted molar refractivity (Wildman–Crippen MR) is 67.1 cm³/mol. The van der Waals surface area contributed by atoms with E-state index in [0.717, 1.165) is 24.9 Å². The topological polar surface area (TPSA) is 12.0 Å². The highest BCUT2D eigenvalue weighted by molar-refractivity contribution is 5.17. The van der Waals surface area contributed by atoms with Crippen molar-refractivity contribution in [2.75, 3.05) is 6.54 Å². The van der Waals surface area contributed by atoms with Gasteiger partial charge in [0, 0.05) is 6.04 Å². The lowest BCUT2D eigenvalue weighted by Crippen LogP contribution is -2.27. The average molecular weight is 223 g/mol. The zero-order valence-corrected chi connectivity index (χ0v) is 10.3. The Balaban J connectivity index is 2.26. The van der Waals surface area contributed by atoms with E-state index in [1.54, 1.807) is 6.07 Å². The summed E-state index contributed by atoms with van der Waals surface area (Å²) in [5, 5.41) is 3.45. The zero-order chi connectivity index (χ0) is 11.8. The van der Waals surface area contributed by atoms with Gasteiger partial charge < -0.3 is 5.32 Å². The van der Waals surface area contributed by atoms with Crippen molar-refractivity contribution in [2.24, 2.45) is 0 Å². The molecule has 90 valence electrons. The van der Waals surface area contributed by atoms with Gasteiger partial charge in [0.05, 0.1) is 0 Å². The van der Waals surface area contributed by atoms with Crippen molar-refractivity contribution in [1.29, 1.82) is 0 Å². The summed E-state index contributed by atoms with van der Waals surface area (Å²) in [7, 11) is 0. The van der Waals surface area contributed by atoms with E-state index in [1.807, 2.05) is 12.1 Å². The fourth-order valence-electron chi connectivity index (χ4n) is 1.70. The predicted octanol–water partition coefficient (Wildman–Crippen LogP) is 3.54. The van der Waals surface area contributed by atoms with Crippen LogP contribution in [0.4, 0.5) is 4.39 Å². The molecular weight excluding hydrogens is 201 g/mol. The van der Waals surface area contributed by atoms with E-state index in [2.05, 4.69) is 19.2 Å². The Hall–Kier alpha value is -0.890. The minimum atomic E-state index is -0.0803. The molecule has 16 heavy (non-hydrogen) atoms. The lowest BCUT2D eigenvalue weighted by molar-refractivity contribution is 0.498. The molecule has 1 aromatic carbocycles. The molecule has 0 saturated carbocycles. The normalized spacial score (nSPS) is 12.7. The van der Waals surface area contributed by atoms with E-state index in [0.29, 0.717) is 6.04 Å². The summed E-state index contributed by atoms with van der Waals surface area (Å²) in [6.45, 7) is 5.41. The van der Waals surface area contributed by atoms with Gasteiger partial charge in [-0.15, -0.1) is 0 Å². The van der Waals surface area contributed by atoms with E-state index >= 15 is 0 Å². The van der Waals surface area contributed by atoms with Gasteiger partial charge in [0.15, 0.2) is 0 Å². The Morgan fingerprint density at radius 2 is 2.06 bits per heavy atom. The summed E-state index contributed by atoms with van der Waals surface area (Å²) >= 11 is 0. The SMILES string of the molecule is CCCCNC(C)CCc1ccccc1F. The lowest BCUT2D eigenvalue weighted by Gasteiger charge is -2.13. The van der Waals surface area contributed by atoms with Crippen LogP contribution in [0.1, 0.15) is 38.7 Å². The van der Waals surface area contributed by atoms with Crippen molar-refractivity contribution >= 4 is 0 Å². The van der Waals surface area contributed by atoms with Crippen LogP contribution in [-0.2, 0) is 6.42 Å². The van der Waals surface area contributed by atoms with Crippen LogP contribution in [0.3, 0.4) is 0 Å². The summed E-state index contributed by atoms with van der Waals surface area (Å²) < 4.78 is 13.3. The minimum Gasteiger partial charge on any atom is -0.314 e. The molecule has 1 N–H and O–H groups in total. The Morgan fingerprint density at radius 3 is 2.75 bits per heavy atom. The summed E-state index contributed by atoms with van der Waals surface area (Å²) in [5.41, 5.74) is 0.826. The smallest absolute Gasteiger partial charge is 0.126 e. The summed E-state index contributed by atoms with van der Waals surface area (Å²) in [6.07, 6.45) is 4.23. The molecule has 0 aliphatic carbocycles. The number of benzene rings is 1. The first-order valence-corrected chi connectivity index (χ1v) is 6.20. The maximum atomic E-state index is 13.3. The minimum absolute atomic E-state index is 0.0803. The molecule has 1 nitrogen and oxygen atoms in total. The van der Waals surface area contributed by atoms with E-state index in [4.69, 9.17) is 0 Å². The first-order chi connectivity index (χ1) is 7.74. The van der Waals surface area contributed by atoms with E-state index < -0.39 is 0 Å². The number of halogens is 1. The van der Waals surface area contributed by atoms with Gasteiger partial charge >= 0.3 is 0 Å². The van der Waals surface area contributed by atoms with Crippen LogP contribution in [0, 0.1) is 5.82 Å². The molecule has 0 radical (unpaired) electrons. The van der Waals surface area contributed by atoms with Crippen LogP contribution >= 0.6 is 0 Å². The van der Waals surface area contributed by atoms with Crippen molar-refractivity contribution in [3.8, 4) is 0 Å². The third-order valence-corrected chi connectivity index (χ3v) is 2.83.